The molecular formula is C22H23N3OS. The quantitative estimate of drug-likeness (QED) is 0.668. The Balaban J connectivity index is 1.46. The van der Waals surface area contributed by atoms with Gasteiger partial charge in [-0.2, -0.15) is 5.10 Å². The van der Waals surface area contributed by atoms with Crippen LogP contribution < -0.4 is 5.32 Å². The summed E-state index contributed by atoms with van der Waals surface area (Å²) < 4.78 is 2.09. The number of aryl methyl sites for hydroxylation is 1. The molecule has 4 rings (SSSR count). The molecule has 138 valence electrons. The zero-order valence-corrected chi connectivity index (χ0v) is 16.4. The van der Waals surface area contributed by atoms with Gasteiger partial charge in [0.1, 0.15) is 0 Å². The molecule has 2 heterocycles. The van der Waals surface area contributed by atoms with Crippen molar-refractivity contribution in [1.29, 1.82) is 0 Å². The average Bonchev–Trinajstić information content (AvgIpc) is 3.38. The summed E-state index contributed by atoms with van der Waals surface area (Å²) in [5, 5.41) is 9.82. The van der Waals surface area contributed by atoms with E-state index >= 15 is 0 Å². The first-order valence-corrected chi connectivity index (χ1v) is 10.1. The zero-order valence-electron chi connectivity index (χ0n) is 15.6. The highest BCUT2D eigenvalue weighted by Crippen LogP contribution is 2.33. The Morgan fingerprint density at radius 2 is 2.00 bits per heavy atom. The van der Waals surface area contributed by atoms with Crippen LogP contribution in [0.3, 0.4) is 0 Å². The lowest BCUT2D eigenvalue weighted by molar-refractivity contribution is 0.0948. The van der Waals surface area contributed by atoms with Gasteiger partial charge in [0.05, 0.1) is 17.1 Å². The van der Waals surface area contributed by atoms with Crippen LogP contribution in [0.25, 0.3) is 0 Å². The molecule has 2 aromatic heterocycles. The summed E-state index contributed by atoms with van der Waals surface area (Å²) in [6, 6.07) is 14.2. The number of thiophene rings is 1. The SMILES string of the molecule is Cc1nn(Cc2ccccc2)c(C)c1[C@@H]1C=C[C@@H](NC(=O)c2cccs2)C1. The molecule has 0 aliphatic heterocycles. The van der Waals surface area contributed by atoms with Gasteiger partial charge in [-0.1, -0.05) is 48.6 Å². The number of nitrogens with one attached hydrogen (secondary N) is 1. The van der Waals surface area contributed by atoms with Crippen molar-refractivity contribution in [1.82, 2.24) is 15.1 Å². The van der Waals surface area contributed by atoms with Crippen LogP contribution in [0.5, 0.6) is 0 Å². The largest absolute Gasteiger partial charge is 0.345 e. The van der Waals surface area contributed by atoms with E-state index in [2.05, 4.69) is 60.3 Å². The molecule has 0 bridgehead atoms. The fourth-order valence-corrected chi connectivity index (χ4v) is 4.45. The monoisotopic (exact) mass is 377 g/mol. The molecule has 5 heteroatoms. The fourth-order valence-electron chi connectivity index (χ4n) is 3.83. The van der Waals surface area contributed by atoms with E-state index in [1.165, 1.54) is 28.2 Å². The van der Waals surface area contributed by atoms with Gasteiger partial charge in [-0.15, -0.1) is 11.3 Å². The second kappa shape index (κ2) is 7.53. The minimum absolute atomic E-state index is 0.00789. The number of aromatic nitrogens is 2. The number of hydrogen-bond acceptors (Lipinski definition) is 3. The Morgan fingerprint density at radius 1 is 1.19 bits per heavy atom. The second-order valence-electron chi connectivity index (χ2n) is 7.01. The first kappa shape index (κ1) is 17.7. The molecule has 3 aromatic rings. The molecular weight excluding hydrogens is 354 g/mol. The van der Waals surface area contributed by atoms with Gasteiger partial charge in [0.15, 0.2) is 0 Å². The maximum Gasteiger partial charge on any atom is 0.261 e. The topological polar surface area (TPSA) is 46.9 Å². The third-order valence-corrected chi connectivity index (χ3v) is 6.00. The second-order valence-corrected chi connectivity index (χ2v) is 7.96. The van der Waals surface area contributed by atoms with E-state index in [1.54, 1.807) is 0 Å². The lowest BCUT2D eigenvalue weighted by Crippen LogP contribution is -2.32. The van der Waals surface area contributed by atoms with Crippen molar-refractivity contribution in [2.75, 3.05) is 0 Å². The van der Waals surface area contributed by atoms with E-state index in [0.717, 1.165) is 23.5 Å². The molecule has 1 aromatic carbocycles. The van der Waals surface area contributed by atoms with Crippen LogP contribution in [-0.4, -0.2) is 21.7 Å². The van der Waals surface area contributed by atoms with E-state index in [4.69, 9.17) is 5.10 Å². The van der Waals surface area contributed by atoms with Crippen LogP contribution in [0.2, 0.25) is 0 Å². The van der Waals surface area contributed by atoms with Crippen molar-refractivity contribution >= 4 is 17.2 Å². The molecule has 27 heavy (non-hydrogen) atoms. The molecule has 0 fully saturated rings. The van der Waals surface area contributed by atoms with Crippen molar-refractivity contribution in [2.45, 2.75) is 38.8 Å². The van der Waals surface area contributed by atoms with Crippen molar-refractivity contribution in [2.24, 2.45) is 0 Å². The number of nitrogens with zero attached hydrogens (tertiary/aromatic N) is 2. The van der Waals surface area contributed by atoms with Crippen LogP contribution in [0, 0.1) is 13.8 Å². The van der Waals surface area contributed by atoms with Crippen LogP contribution in [0.15, 0.2) is 60.0 Å². The summed E-state index contributed by atoms with van der Waals surface area (Å²) in [5.74, 6) is 0.302. The minimum Gasteiger partial charge on any atom is -0.345 e. The molecule has 2 atom stereocenters. The van der Waals surface area contributed by atoms with Crippen molar-refractivity contribution in [3.63, 3.8) is 0 Å². The summed E-state index contributed by atoms with van der Waals surface area (Å²) >= 11 is 1.47. The first-order valence-electron chi connectivity index (χ1n) is 9.22. The number of carbonyl (C=O) groups excluding carboxylic acids is 1. The van der Waals surface area contributed by atoms with E-state index in [1.807, 2.05) is 23.6 Å². The lowest BCUT2D eigenvalue weighted by Gasteiger charge is -2.14. The molecule has 4 nitrogen and oxygen atoms in total. The summed E-state index contributed by atoms with van der Waals surface area (Å²) in [5.41, 5.74) is 4.81. The molecule has 0 saturated heterocycles. The van der Waals surface area contributed by atoms with Gasteiger partial charge in [0.25, 0.3) is 5.91 Å². The third kappa shape index (κ3) is 3.74. The molecule has 0 unspecified atom stereocenters. The van der Waals surface area contributed by atoms with E-state index in [0.29, 0.717) is 5.92 Å². The third-order valence-electron chi connectivity index (χ3n) is 5.13. The van der Waals surface area contributed by atoms with Gasteiger partial charge < -0.3 is 5.32 Å². The van der Waals surface area contributed by atoms with Gasteiger partial charge in [0.2, 0.25) is 0 Å². The number of benzene rings is 1. The maximum atomic E-state index is 12.3. The van der Waals surface area contributed by atoms with Crippen LogP contribution in [0.4, 0.5) is 0 Å². The Kier molecular flexibility index (Phi) is 4.94. The van der Waals surface area contributed by atoms with Gasteiger partial charge in [-0.05, 0) is 37.3 Å². The number of hydrogen-bond donors (Lipinski definition) is 1. The smallest absolute Gasteiger partial charge is 0.261 e. The normalized spacial score (nSPS) is 18.7. The van der Waals surface area contributed by atoms with Gasteiger partial charge in [-0.25, -0.2) is 0 Å². The van der Waals surface area contributed by atoms with Crippen LogP contribution in [0.1, 0.15) is 44.5 Å². The molecule has 1 aliphatic rings. The minimum atomic E-state index is 0.00789. The predicted octanol–water partition coefficient (Wildman–Crippen LogP) is 4.45. The first-order chi connectivity index (χ1) is 13.1. The Labute approximate surface area is 163 Å². The highest BCUT2D eigenvalue weighted by Gasteiger charge is 2.27. The number of carbonyl (C=O) groups is 1. The van der Waals surface area contributed by atoms with E-state index in [-0.39, 0.29) is 11.9 Å². The number of amides is 1. The summed E-state index contributed by atoms with van der Waals surface area (Å²) in [6.45, 7) is 5.00. The predicted molar refractivity (Wildman–Crippen MR) is 109 cm³/mol. The average molecular weight is 378 g/mol. The van der Waals surface area contributed by atoms with Crippen molar-refractivity contribution < 1.29 is 4.79 Å². The highest BCUT2D eigenvalue weighted by atomic mass is 32.1. The van der Waals surface area contributed by atoms with Crippen molar-refractivity contribution in [3.8, 4) is 0 Å². The van der Waals surface area contributed by atoms with Gasteiger partial charge >= 0.3 is 0 Å². The van der Waals surface area contributed by atoms with E-state index < -0.39 is 0 Å². The fraction of sp³-hybridized carbons (Fsp3) is 0.273. The van der Waals surface area contributed by atoms with Crippen molar-refractivity contribution in [3.05, 3.63) is 87.4 Å². The molecule has 0 radical (unpaired) electrons. The molecule has 1 amide bonds. The zero-order chi connectivity index (χ0) is 18.8. The molecule has 1 aliphatic carbocycles. The summed E-state index contributed by atoms with van der Waals surface area (Å²) in [4.78, 5) is 13.1. The molecule has 0 spiro atoms. The van der Waals surface area contributed by atoms with E-state index in [9.17, 15) is 4.79 Å². The summed E-state index contributed by atoms with van der Waals surface area (Å²) in [7, 11) is 0. The summed E-state index contributed by atoms with van der Waals surface area (Å²) in [6.07, 6.45) is 5.21. The highest BCUT2D eigenvalue weighted by molar-refractivity contribution is 7.12. The Morgan fingerprint density at radius 3 is 2.74 bits per heavy atom. The molecule has 0 saturated carbocycles. The number of allylic oxidation sites excluding steroid dienone is 1. The van der Waals surface area contributed by atoms with Gasteiger partial charge in [0, 0.05) is 23.2 Å². The van der Waals surface area contributed by atoms with Gasteiger partial charge in [-0.3, -0.25) is 9.48 Å². The Hall–Kier alpha value is -2.66. The van der Waals surface area contributed by atoms with Crippen LogP contribution >= 0.6 is 11.3 Å². The maximum absolute atomic E-state index is 12.3. The van der Waals surface area contributed by atoms with Crippen LogP contribution in [-0.2, 0) is 6.54 Å². The standard InChI is InChI=1S/C22H23N3OS/c1-15-21(16(2)25(24-15)14-17-7-4-3-5-8-17)18-10-11-19(13-18)23-22(26)20-9-6-12-27-20/h3-12,18-19H,13-14H2,1-2H3,(H,23,26)/t18-,19-/m1/s1. The lowest BCUT2D eigenvalue weighted by atomic mass is 9.96. The number of rotatable bonds is 5. The molecule has 1 N–H and O–H groups in total. The Bertz CT molecular complexity index is 957.